The second kappa shape index (κ2) is 5.49. The molecule has 0 fully saturated rings. The molecule has 0 saturated carbocycles. The average Bonchev–Trinajstić information content (AvgIpc) is 2.25. The smallest absolute Gasteiger partial charge is 0.276 e. The van der Waals surface area contributed by atoms with Crippen molar-refractivity contribution in [2.45, 2.75) is 20.8 Å². The van der Waals surface area contributed by atoms with Crippen molar-refractivity contribution in [1.82, 2.24) is 9.88 Å². The standard InChI is InChI=1S/C12H18N2O2/c1-4-14(8-9(2)3)12(16)11-10(15)6-5-7-13-11/h5-7,9,15H,4,8H2,1-3H3. The van der Waals surface area contributed by atoms with Gasteiger partial charge in [-0.15, -0.1) is 0 Å². The van der Waals surface area contributed by atoms with Gasteiger partial charge in [0.1, 0.15) is 5.75 Å². The third-order valence-corrected chi connectivity index (χ3v) is 2.24. The Balaban J connectivity index is 2.87. The first-order chi connectivity index (χ1) is 7.56. The van der Waals surface area contributed by atoms with Gasteiger partial charge < -0.3 is 10.0 Å². The molecule has 0 unspecified atom stereocenters. The fourth-order valence-corrected chi connectivity index (χ4v) is 1.51. The SMILES string of the molecule is CCN(CC(C)C)C(=O)c1ncccc1O. The fraction of sp³-hybridized carbons (Fsp3) is 0.500. The minimum absolute atomic E-state index is 0.0605. The Morgan fingerprint density at radius 1 is 1.56 bits per heavy atom. The van der Waals surface area contributed by atoms with Crippen molar-refractivity contribution in [2.75, 3.05) is 13.1 Å². The van der Waals surface area contributed by atoms with Gasteiger partial charge >= 0.3 is 0 Å². The molecule has 0 aromatic carbocycles. The molecule has 0 aliphatic heterocycles. The second-order valence-electron chi connectivity index (χ2n) is 4.11. The summed E-state index contributed by atoms with van der Waals surface area (Å²) in [7, 11) is 0. The van der Waals surface area contributed by atoms with E-state index in [1.165, 1.54) is 12.3 Å². The summed E-state index contributed by atoms with van der Waals surface area (Å²) in [6.07, 6.45) is 1.51. The first-order valence-corrected chi connectivity index (χ1v) is 5.49. The summed E-state index contributed by atoms with van der Waals surface area (Å²) in [6.45, 7) is 7.31. The first-order valence-electron chi connectivity index (χ1n) is 5.49. The van der Waals surface area contributed by atoms with Gasteiger partial charge in [0, 0.05) is 19.3 Å². The van der Waals surface area contributed by atoms with E-state index in [1.807, 2.05) is 20.8 Å². The number of aromatic nitrogens is 1. The van der Waals surface area contributed by atoms with Crippen LogP contribution in [0.2, 0.25) is 0 Å². The molecule has 16 heavy (non-hydrogen) atoms. The van der Waals surface area contributed by atoms with Gasteiger partial charge in [0.25, 0.3) is 5.91 Å². The van der Waals surface area contributed by atoms with Crippen LogP contribution in [0.4, 0.5) is 0 Å². The van der Waals surface area contributed by atoms with Crippen molar-refractivity contribution in [3.8, 4) is 5.75 Å². The molecule has 1 heterocycles. The Labute approximate surface area is 95.9 Å². The molecular formula is C12H18N2O2. The molecule has 0 bridgehead atoms. The fourth-order valence-electron chi connectivity index (χ4n) is 1.51. The molecule has 0 saturated heterocycles. The molecule has 1 aromatic heterocycles. The number of hydrogen-bond donors (Lipinski definition) is 1. The second-order valence-corrected chi connectivity index (χ2v) is 4.11. The molecule has 0 spiro atoms. The van der Waals surface area contributed by atoms with Gasteiger partial charge in [-0.2, -0.15) is 0 Å². The van der Waals surface area contributed by atoms with Crippen LogP contribution >= 0.6 is 0 Å². The third-order valence-electron chi connectivity index (χ3n) is 2.24. The Bertz CT molecular complexity index is 364. The van der Waals surface area contributed by atoms with E-state index in [9.17, 15) is 9.90 Å². The summed E-state index contributed by atoms with van der Waals surface area (Å²) < 4.78 is 0. The van der Waals surface area contributed by atoms with Crippen LogP contribution in [0.5, 0.6) is 5.75 Å². The molecule has 4 nitrogen and oxygen atoms in total. The quantitative estimate of drug-likeness (QED) is 0.846. The molecule has 0 aliphatic carbocycles. The topological polar surface area (TPSA) is 53.4 Å². The number of amides is 1. The number of pyridine rings is 1. The summed E-state index contributed by atoms with van der Waals surface area (Å²) in [5.74, 6) is 0.124. The Kier molecular flexibility index (Phi) is 4.28. The maximum absolute atomic E-state index is 12.0. The first kappa shape index (κ1) is 12.5. The van der Waals surface area contributed by atoms with Gasteiger partial charge in [0.15, 0.2) is 5.69 Å². The highest BCUT2D eigenvalue weighted by Crippen LogP contribution is 2.15. The molecule has 0 aliphatic rings. The van der Waals surface area contributed by atoms with Crippen molar-refractivity contribution in [3.63, 3.8) is 0 Å². The molecular weight excluding hydrogens is 204 g/mol. The lowest BCUT2D eigenvalue weighted by atomic mass is 10.2. The molecule has 1 rings (SSSR count). The Morgan fingerprint density at radius 3 is 2.75 bits per heavy atom. The molecule has 1 N–H and O–H groups in total. The molecule has 1 aromatic rings. The summed E-state index contributed by atoms with van der Waals surface area (Å²) in [5, 5.41) is 9.55. The largest absolute Gasteiger partial charge is 0.505 e. The number of rotatable bonds is 4. The van der Waals surface area contributed by atoms with E-state index in [-0.39, 0.29) is 17.4 Å². The van der Waals surface area contributed by atoms with E-state index >= 15 is 0 Å². The Hall–Kier alpha value is -1.58. The average molecular weight is 222 g/mol. The van der Waals surface area contributed by atoms with Gasteiger partial charge in [-0.25, -0.2) is 4.98 Å². The summed E-state index contributed by atoms with van der Waals surface area (Å²) in [4.78, 5) is 17.6. The lowest BCUT2D eigenvalue weighted by Gasteiger charge is -2.22. The van der Waals surface area contributed by atoms with E-state index in [2.05, 4.69) is 4.98 Å². The minimum atomic E-state index is -0.214. The zero-order valence-electron chi connectivity index (χ0n) is 9.97. The van der Waals surface area contributed by atoms with Crippen molar-refractivity contribution < 1.29 is 9.90 Å². The predicted molar refractivity (Wildman–Crippen MR) is 62.3 cm³/mol. The van der Waals surface area contributed by atoms with Crippen LogP contribution in [-0.4, -0.2) is 34.0 Å². The van der Waals surface area contributed by atoms with E-state index < -0.39 is 0 Å². The van der Waals surface area contributed by atoms with Crippen LogP contribution in [0.15, 0.2) is 18.3 Å². The number of carbonyl (C=O) groups is 1. The lowest BCUT2D eigenvalue weighted by Crippen LogP contribution is -2.34. The van der Waals surface area contributed by atoms with Crippen LogP contribution in [0, 0.1) is 5.92 Å². The summed E-state index contributed by atoms with van der Waals surface area (Å²) in [5.41, 5.74) is 0.130. The van der Waals surface area contributed by atoms with Gasteiger partial charge in [-0.05, 0) is 25.0 Å². The molecule has 88 valence electrons. The number of carbonyl (C=O) groups excluding carboxylic acids is 1. The highest BCUT2D eigenvalue weighted by Gasteiger charge is 2.19. The molecule has 0 atom stereocenters. The van der Waals surface area contributed by atoms with Crippen LogP contribution in [0.3, 0.4) is 0 Å². The van der Waals surface area contributed by atoms with Crippen molar-refractivity contribution in [2.24, 2.45) is 5.92 Å². The minimum Gasteiger partial charge on any atom is -0.505 e. The zero-order chi connectivity index (χ0) is 12.1. The van der Waals surface area contributed by atoms with Crippen LogP contribution in [-0.2, 0) is 0 Å². The van der Waals surface area contributed by atoms with Gasteiger partial charge in [-0.1, -0.05) is 13.8 Å². The van der Waals surface area contributed by atoms with Crippen LogP contribution < -0.4 is 0 Å². The normalized spacial score (nSPS) is 10.5. The van der Waals surface area contributed by atoms with Gasteiger partial charge in [0.2, 0.25) is 0 Å². The Morgan fingerprint density at radius 2 is 2.25 bits per heavy atom. The molecule has 4 heteroatoms. The van der Waals surface area contributed by atoms with Gasteiger partial charge in [-0.3, -0.25) is 4.79 Å². The van der Waals surface area contributed by atoms with E-state index in [4.69, 9.17) is 0 Å². The maximum atomic E-state index is 12.0. The third kappa shape index (κ3) is 2.95. The number of aromatic hydroxyl groups is 1. The zero-order valence-corrected chi connectivity index (χ0v) is 9.97. The van der Waals surface area contributed by atoms with Crippen molar-refractivity contribution in [3.05, 3.63) is 24.0 Å². The van der Waals surface area contributed by atoms with E-state index in [0.717, 1.165) is 0 Å². The van der Waals surface area contributed by atoms with E-state index in [0.29, 0.717) is 19.0 Å². The van der Waals surface area contributed by atoms with Crippen LogP contribution in [0.25, 0.3) is 0 Å². The maximum Gasteiger partial charge on any atom is 0.276 e. The monoisotopic (exact) mass is 222 g/mol. The molecule has 0 radical (unpaired) electrons. The summed E-state index contributed by atoms with van der Waals surface area (Å²) in [6, 6.07) is 3.08. The lowest BCUT2D eigenvalue weighted by molar-refractivity contribution is 0.0736. The molecule has 1 amide bonds. The summed E-state index contributed by atoms with van der Waals surface area (Å²) >= 11 is 0. The van der Waals surface area contributed by atoms with Gasteiger partial charge in [0.05, 0.1) is 0 Å². The van der Waals surface area contributed by atoms with Crippen LogP contribution in [0.1, 0.15) is 31.3 Å². The van der Waals surface area contributed by atoms with E-state index in [1.54, 1.807) is 11.0 Å². The number of hydrogen-bond acceptors (Lipinski definition) is 3. The van der Waals surface area contributed by atoms with Crippen molar-refractivity contribution in [1.29, 1.82) is 0 Å². The highest BCUT2D eigenvalue weighted by molar-refractivity contribution is 5.94. The van der Waals surface area contributed by atoms with Crippen molar-refractivity contribution >= 4 is 5.91 Å². The predicted octanol–water partition coefficient (Wildman–Crippen LogP) is 1.91. The highest BCUT2D eigenvalue weighted by atomic mass is 16.3. The number of nitrogens with zero attached hydrogens (tertiary/aromatic N) is 2.